The van der Waals surface area contributed by atoms with E-state index >= 15 is 0 Å². The van der Waals surface area contributed by atoms with Gasteiger partial charge in [0.2, 0.25) is 0 Å². The van der Waals surface area contributed by atoms with Crippen molar-refractivity contribution < 1.29 is 4.39 Å². The molecule has 2 nitrogen and oxygen atoms in total. The van der Waals surface area contributed by atoms with Crippen molar-refractivity contribution in [3.05, 3.63) is 52.3 Å². The number of nitrogens with one attached hydrogen (secondary N) is 1. The molecule has 0 aliphatic rings. The summed E-state index contributed by atoms with van der Waals surface area (Å²) in [6, 6.07) is 9.74. The van der Waals surface area contributed by atoms with Crippen LogP contribution in [0.3, 0.4) is 0 Å². The Bertz CT molecular complexity index is 538. The Hall–Kier alpha value is -1.45. The minimum absolute atomic E-state index is 0.0422. The summed E-state index contributed by atoms with van der Waals surface area (Å²) >= 11 is 11.7. The molecule has 0 amide bonds. The topological polar surface area (TPSA) is 38.0 Å². The van der Waals surface area contributed by atoms with Crippen LogP contribution in [0.25, 0.3) is 0 Å². The van der Waals surface area contributed by atoms with Gasteiger partial charge in [-0.25, -0.2) is 4.39 Å². The predicted molar refractivity (Wildman–Crippen MR) is 70.6 cm³/mol. The third-order valence-corrected chi connectivity index (χ3v) is 2.86. The van der Waals surface area contributed by atoms with Gasteiger partial charge in [-0.15, -0.1) is 0 Å². The zero-order chi connectivity index (χ0) is 12.4. The molecule has 0 bridgehead atoms. The van der Waals surface area contributed by atoms with Crippen LogP contribution in [-0.4, -0.2) is 0 Å². The molecule has 5 heteroatoms. The normalized spacial score (nSPS) is 10.3. The number of hydrogen-bond acceptors (Lipinski definition) is 2. The Morgan fingerprint density at radius 2 is 1.65 bits per heavy atom. The average Bonchev–Trinajstić information content (AvgIpc) is 2.29. The molecule has 0 aliphatic carbocycles. The molecule has 0 heterocycles. The van der Waals surface area contributed by atoms with Gasteiger partial charge >= 0.3 is 0 Å². The summed E-state index contributed by atoms with van der Waals surface area (Å²) in [6.07, 6.45) is 0. The van der Waals surface area contributed by atoms with Crippen LogP contribution < -0.4 is 11.1 Å². The first-order chi connectivity index (χ1) is 8.09. The molecular weight excluding hydrogens is 262 g/mol. The van der Waals surface area contributed by atoms with Crippen molar-refractivity contribution in [3.63, 3.8) is 0 Å². The van der Waals surface area contributed by atoms with Crippen molar-refractivity contribution in [1.82, 2.24) is 0 Å². The quantitative estimate of drug-likeness (QED) is 0.791. The molecule has 2 rings (SSSR count). The number of para-hydroxylation sites is 1. The zero-order valence-corrected chi connectivity index (χ0v) is 10.2. The lowest BCUT2D eigenvalue weighted by Gasteiger charge is -2.12. The van der Waals surface area contributed by atoms with Crippen molar-refractivity contribution in [3.8, 4) is 0 Å². The average molecular weight is 271 g/mol. The van der Waals surface area contributed by atoms with Gasteiger partial charge in [0.15, 0.2) is 5.82 Å². The molecular formula is C12H9Cl2FN2. The van der Waals surface area contributed by atoms with Gasteiger partial charge in [0.1, 0.15) is 0 Å². The summed E-state index contributed by atoms with van der Waals surface area (Å²) in [6.45, 7) is 0. The summed E-state index contributed by atoms with van der Waals surface area (Å²) in [5.74, 6) is -0.534. The summed E-state index contributed by atoms with van der Waals surface area (Å²) in [7, 11) is 0. The van der Waals surface area contributed by atoms with Gasteiger partial charge in [-0.1, -0.05) is 35.3 Å². The molecule has 0 unspecified atom stereocenters. The van der Waals surface area contributed by atoms with E-state index in [1.54, 1.807) is 30.3 Å². The van der Waals surface area contributed by atoms with Gasteiger partial charge in [0, 0.05) is 0 Å². The second kappa shape index (κ2) is 4.82. The van der Waals surface area contributed by atoms with E-state index in [9.17, 15) is 4.39 Å². The first-order valence-corrected chi connectivity index (χ1v) is 5.60. The lowest BCUT2D eigenvalue weighted by molar-refractivity contribution is 0.632. The highest BCUT2D eigenvalue weighted by molar-refractivity contribution is 6.34. The van der Waals surface area contributed by atoms with Crippen LogP contribution in [0.2, 0.25) is 10.0 Å². The maximum Gasteiger partial charge on any atom is 0.165 e. The molecule has 0 radical (unpaired) electrons. The molecule has 0 fully saturated rings. The van der Waals surface area contributed by atoms with Crippen molar-refractivity contribution in [2.24, 2.45) is 0 Å². The highest BCUT2D eigenvalue weighted by Crippen LogP contribution is 2.33. The Morgan fingerprint density at radius 3 is 2.35 bits per heavy atom. The number of halogens is 3. The molecule has 0 aliphatic heterocycles. The van der Waals surface area contributed by atoms with Crippen molar-refractivity contribution in [2.45, 2.75) is 0 Å². The first kappa shape index (κ1) is 12.0. The molecule has 2 aromatic rings. The van der Waals surface area contributed by atoms with Gasteiger partial charge in [-0.05, 0) is 24.3 Å². The van der Waals surface area contributed by atoms with Crippen molar-refractivity contribution in [2.75, 3.05) is 11.1 Å². The number of rotatable bonds is 2. The fourth-order valence-electron chi connectivity index (χ4n) is 1.41. The van der Waals surface area contributed by atoms with Crippen LogP contribution in [0.1, 0.15) is 0 Å². The van der Waals surface area contributed by atoms with E-state index in [4.69, 9.17) is 28.9 Å². The minimum Gasteiger partial charge on any atom is -0.397 e. The Balaban J connectivity index is 2.42. The van der Waals surface area contributed by atoms with Crippen LogP contribution >= 0.6 is 23.2 Å². The monoisotopic (exact) mass is 270 g/mol. The molecule has 0 saturated heterocycles. The molecule has 17 heavy (non-hydrogen) atoms. The number of nitrogen functional groups attached to an aromatic ring is 1. The smallest absolute Gasteiger partial charge is 0.165 e. The van der Waals surface area contributed by atoms with Crippen LogP contribution in [0.15, 0.2) is 36.4 Å². The first-order valence-electron chi connectivity index (χ1n) is 4.84. The van der Waals surface area contributed by atoms with Crippen molar-refractivity contribution in [1.29, 1.82) is 0 Å². The second-order valence-corrected chi connectivity index (χ2v) is 4.24. The van der Waals surface area contributed by atoms with E-state index in [1.807, 2.05) is 0 Å². The standard InChI is InChI=1S/C12H9Cl2FN2/c13-7-3-2-6-10(11(7)15)17-12-8(14)4-1-5-9(12)16/h1-6,17H,16H2. The third-order valence-electron chi connectivity index (χ3n) is 2.26. The molecule has 0 spiro atoms. The molecule has 0 aromatic heterocycles. The number of benzene rings is 2. The lowest BCUT2D eigenvalue weighted by atomic mass is 10.2. The summed E-state index contributed by atoms with van der Waals surface area (Å²) in [4.78, 5) is 0. The maximum absolute atomic E-state index is 13.7. The van der Waals surface area contributed by atoms with Crippen LogP contribution in [0.4, 0.5) is 21.5 Å². The van der Waals surface area contributed by atoms with Gasteiger partial charge in [0.25, 0.3) is 0 Å². The van der Waals surface area contributed by atoms with E-state index in [2.05, 4.69) is 5.32 Å². The van der Waals surface area contributed by atoms with E-state index in [0.29, 0.717) is 16.4 Å². The third kappa shape index (κ3) is 2.46. The summed E-state index contributed by atoms with van der Waals surface area (Å²) < 4.78 is 13.7. The largest absolute Gasteiger partial charge is 0.397 e. The Morgan fingerprint density at radius 1 is 1.00 bits per heavy atom. The van der Waals surface area contributed by atoms with Gasteiger partial charge in [0.05, 0.1) is 27.1 Å². The van der Waals surface area contributed by atoms with E-state index in [-0.39, 0.29) is 10.7 Å². The number of nitrogens with two attached hydrogens (primary N) is 1. The van der Waals surface area contributed by atoms with E-state index in [1.165, 1.54) is 6.07 Å². The summed E-state index contributed by atoms with van der Waals surface area (Å²) in [5, 5.41) is 3.30. The molecule has 2 aromatic carbocycles. The van der Waals surface area contributed by atoms with Gasteiger partial charge < -0.3 is 11.1 Å². The maximum atomic E-state index is 13.7. The summed E-state index contributed by atoms with van der Waals surface area (Å²) in [5.41, 5.74) is 6.90. The number of anilines is 3. The highest BCUT2D eigenvalue weighted by atomic mass is 35.5. The highest BCUT2D eigenvalue weighted by Gasteiger charge is 2.09. The van der Waals surface area contributed by atoms with E-state index < -0.39 is 5.82 Å². The molecule has 0 saturated carbocycles. The zero-order valence-electron chi connectivity index (χ0n) is 8.68. The van der Waals surface area contributed by atoms with Gasteiger partial charge in [-0.3, -0.25) is 0 Å². The van der Waals surface area contributed by atoms with Crippen LogP contribution in [0.5, 0.6) is 0 Å². The fourth-order valence-corrected chi connectivity index (χ4v) is 1.81. The minimum atomic E-state index is -0.534. The van der Waals surface area contributed by atoms with Gasteiger partial charge in [-0.2, -0.15) is 0 Å². The van der Waals surface area contributed by atoms with E-state index in [0.717, 1.165) is 0 Å². The number of hydrogen-bond donors (Lipinski definition) is 2. The van der Waals surface area contributed by atoms with Crippen LogP contribution in [0, 0.1) is 5.82 Å². The lowest BCUT2D eigenvalue weighted by Crippen LogP contribution is -1.99. The predicted octanol–water partition coefficient (Wildman–Crippen LogP) is 4.46. The Labute approximate surface area is 108 Å². The molecule has 0 atom stereocenters. The fraction of sp³-hybridized carbons (Fsp3) is 0. The van der Waals surface area contributed by atoms with Crippen LogP contribution in [-0.2, 0) is 0 Å². The van der Waals surface area contributed by atoms with Crippen molar-refractivity contribution >= 4 is 40.3 Å². The Kier molecular flexibility index (Phi) is 3.41. The SMILES string of the molecule is Nc1cccc(Cl)c1Nc1cccc(Cl)c1F. The molecule has 3 N–H and O–H groups in total. The molecule has 88 valence electrons. The second-order valence-electron chi connectivity index (χ2n) is 3.43.